The molecule has 1 N–H and O–H groups in total. The molecule has 0 fully saturated rings. The fraction of sp³-hybridized carbons (Fsp3) is 0.333. The zero-order valence-corrected chi connectivity index (χ0v) is 6.88. The van der Waals surface area contributed by atoms with E-state index >= 15 is 0 Å². The van der Waals surface area contributed by atoms with E-state index in [4.69, 9.17) is 5.11 Å². The average molecular weight is 203 g/mol. The average Bonchev–Trinajstić information content (AvgIpc) is 2.48. The second kappa shape index (κ2) is 3.81. The Morgan fingerprint density at radius 1 is 1.79 bits per heavy atom. The van der Waals surface area contributed by atoms with E-state index in [0.29, 0.717) is 0 Å². The molecule has 0 saturated carbocycles. The minimum Gasteiger partial charge on any atom is -0.476 e. The number of aryl methyl sites for hydroxylation is 1. The molecule has 76 valence electrons. The molecule has 1 aromatic rings. The molecular weight excluding hydrogens is 197 g/mol. The van der Waals surface area contributed by atoms with Crippen LogP contribution in [-0.2, 0) is 6.54 Å². The van der Waals surface area contributed by atoms with Gasteiger partial charge in [-0.05, 0) is 0 Å². The van der Waals surface area contributed by atoms with E-state index in [1.54, 1.807) is 0 Å². The summed E-state index contributed by atoms with van der Waals surface area (Å²) in [5.41, 5.74) is -1.24. The number of hydrogen-bond donors (Lipinski definition) is 1. The maximum Gasteiger partial charge on any atom is 0.361 e. The summed E-state index contributed by atoms with van der Waals surface area (Å²) in [7, 11) is 0. The zero-order valence-electron chi connectivity index (χ0n) is 6.88. The standard InChI is InChI=1S/C6H6FN3O4/c7-1-2-9-5(6(11)12)4(3-8-9)10(13)14/h3H,1-2H2,(H,11,12). The normalized spacial score (nSPS) is 10.1. The molecule has 14 heavy (non-hydrogen) atoms. The maximum atomic E-state index is 11.9. The molecule has 0 unspecified atom stereocenters. The Morgan fingerprint density at radius 3 is 2.86 bits per heavy atom. The van der Waals surface area contributed by atoms with Gasteiger partial charge in [0.2, 0.25) is 5.69 Å². The molecule has 1 aromatic heterocycles. The Kier molecular flexibility index (Phi) is 2.75. The van der Waals surface area contributed by atoms with Crippen molar-refractivity contribution in [2.24, 2.45) is 0 Å². The van der Waals surface area contributed by atoms with Crippen LogP contribution in [-0.4, -0.2) is 32.5 Å². The smallest absolute Gasteiger partial charge is 0.361 e. The highest BCUT2D eigenvalue weighted by Gasteiger charge is 2.26. The van der Waals surface area contributed by atoms with Crippen LogP contribution >= 0.6 is 0 Å². The maximum absolute atomic E-state index is 11.9. The Hall–Kier alpha value is -1.99. The van der Waals surface area contributed by atoms with Crippen molar-refractivity contribution in [3.05, 3.63) is 22.0 Å². The van der Waals surface area contributed by atoms with Crippen LogP contribution in [0.4, 0.5) is 10.1 Å². The first-order valence-corrected chi connectivity index (χ1v) is 3.57. The lowest BCUT2D eigenvalue weighted by Gasteiger charge is -1.98. The second-order valence-corrected chi connectivity index (χ2v) is 2.35. The van der Waals surface area contributed by atoms with Crippen molar-refractivity contribution >= 4 is 11.7 Å². The van der Waals surface area contributed by atoms with Crippen LogP contribution in [0, 0.1) is 10.1 Å². The number of rotatable bonds is 4. The highest BCUT2D eigenvalue weighted by molar-refractivity contribution is 5.90. The van der Waals surface area contributed by atoms with Gasteiger partial charge < -0.3 is 5.11 Å². The van der Waals surface area contributed by atoms with Gasteiger partial charge >= 0.3 is 11.7 Å². The number of carboxylic acids is 1. The van der Waals surface area contributed by atoms with Crippen molar-refractivity contribution in [1.29, 1.82) is 0 Å². The molecular formula is C6H6FN3O4. The first-order chi connectivity index (χ1) is 6.57. The van der Waals surface area contributed by atoms with Crippen LogP contribution < -0.4 is 0 Å². The Labute approximate surface area is 76.9 Å². The van der Waals surface area contributed by atoms with Gasteiger partial charge in [-0.2, -0.15) is 5.10 Å². The predicted octanol–water partition coefficient (Wildman–Crippen LogP) is 0.459. The van der Waals surface area contributed by atoms with Crippen LogP contribution in [0.25, 0.3) is 0 Å². The van der Waals surface area contributed by atoms with Crippen molar-refractivity contribution in [3.63, 3.8) is 0 Å². The monoisotopic (exact) mass is 203 g/mol. The van der Waals surface area contributed by atoms with E-state index in [1.165, 1.54) is 0 Å². The summed E-state index contributed by atoms with van der Waals surface area (Å²) in [6, 6.07) is 0. The molecule has 0 aliphatic carbocycles. The summed E-state index contributed by atoms with van der Waals surface area (Å²) in [5.74, 6) is -1.50. The first kappa shape index (κ1) is 10.1. The molecule has 0 spiro atoms. The van der Waals surface area contributed by atoms with E-state index in [1.807, 2.05) is 0 Å². The molecule has 0 amide bonds. The predicted molar refractivity (Wildman–Crippen MR) is 41.8 cm³/mol. The fourth-order valence-corrected chi connectivity index (χ4v) is 0.979. The van der Waals surface area contributed by atoms with Gasteiger partial charge in [-0.15, -0.1) is 0 Å². The molecule has 0 aromatic carbocycles. The summed E-state index contributed by atoms with van der Waals surface area (Å²) in [5, 5.41) is 22.4. The fourth-order valence-electron chi connectivity index (χ4n) is 0.979. The van der Waals surface area contributed by atoms with Crippen molar-refractivity contribution in [2.45, 2.75) is 6.54 Å². The number of carboxylic acid groups (broad SMARTS) is 1. The molecule has 0 saturated heterocycles. The number of nitrogens with zero attached hydrogens (tertiary/aromatic N) is 3. The topological polar surface area (TPSA) is 98.3 Å². The van der Waals surface area contributed by atoms with Gasteiger partial charge in [-0.25, -0.2) is 13.9 Å². The minimum absolute atomic E-state index is 0.310. The van der Waals surface area contributed by atoms with Gasteiger partial charge in [0.1, 0.15) is 12.9 Å². The Balaban J connectivity index is 3.20. The lowest BCUT2D eigenvalue weighted by molar-refractivity contribution is -0.385. The van der Waals surface area contributed by atoms with Crippen molar-refractivity contribution in [2.75, 3.05) is 6.67 Å². The zero-order chi connectivity index (χ0) is 10.7. The van der Waals surface area contributed by atoms with E-state index in [2.05, 4.69) is 5.10 Å². The molecule has 0 atom stereocenters. The number of aromatic nitrogens is 2. The third kappa shape index (κ3) is 1.68. The number of nitro groups is 1. The summed E-state index contributed by atoms with van der Waals surface area (Å²) < 4.78 is 12.7. The lowest BCUT2D eigenvalue weighted by Crippen LogP contribution is -2.12. The number of halogens is 1. The Morgan fingerprint density at radius 2 is 2.43 bits per heavy atom. The summed E-state index contributed by atoms with van der Waals surface area (Å²) in [4.78, 5) is 20.1. The van der Waals surface area contributed by atoms with E-state index < -0.39 is 28.9 Å². The number of carbonyl (C=O) groups is 1. The van der Waals surface area contributed by atoms with Crippen molar-refractivity contribution in [1.82, 2.24) is 9.78 Å². The SMILES string of the molecule is O=C(O)c1c([N+](=O)[O-])cnn1CCF. The van der Waals surface area contributed by atoms with E-state index in [9.17, 15) is 19.3 Å². The van der Waals surface area contributed by atoms with Gasteiger partial charge in [0.25, 0.3) is 0 Å². The van der Waals surface area contributed by atoms with Crippen LogP contribution in [0.2, 0.25) is 0 Å². The Bertz CT molecular complexity index is 375. The molecule has 0 radical (unpaired) electrons. The highest BCUT2D eigenvalue weighted by atomic mass is 19.1. The highest BCUT2D eigenvalue weighted by Crippen LogP contribution is 2.17. The van der Waals surface area contributed by atoms with Crippen LogP contribution in [0.3, 0.4) is 0 Å². The van der Waals surface area contributed by atoms with E-state index in [0.717, 1.165) is 10.9 Å². The molecule has 1 heterocycles. The van der Waals surface area contributed by atoms with Gasteiger partial charge in [-0.3, -0.25) is 10.1 Å². The molecule has 0 aliphatic heterocycles. The minimum atomic E-state index is -1.50. The largest absolute Gasteiger partial charge is 0.476 e. The third-order valence-corrected chi connectivity index (χ3v) is 1.52. The van der Waals surface area contributed by atoms with Crippen LogP contribution in [0.15, 0.2) is 6.20 Å². The second-order valence-electron chi connectivity index (χ2n) is 2.35. The summed E-state index contributed by atoms with van der Waals surface area (Å²) >= 11 is 0. The third-order valence-electron chi connectivity index (χ3n) is 1.52. The van der Waals surface area contributed by atoms with Crippen molar-refractivity contribution in [3.8, 4) is 0 Å². The first-order valence-electron chi connectivity index (χ1n) is 3.57. The van der Waals surface area contributed by atoms with E-state index in [-0.39, 0.29) is 6.54 Å². The van der Waals surface area contributed by atoms with Gasteiger partial charge in [0, 0.05) is 0 Å². The molecule has 7 nitrogen and oxygen atoms in total. The van der Waals surface area contributed by atoms with Crippen LogP contribution in [0.5, 0.6) is 0 Å². The quantitative estimate of drug-likeness (QED) is 0.566. The number of hydrogen-bond acceptors (Lipinski definition) is 4. The van der Waals surface area contributed by atoms with Crippen LogP contribution in [0.1, 0.15) is 10.5 Å². The molecule has 0 aliphatic rings. The molecule has 0 bridgehead atoms. The molecule has 8 heteroatoms. The summed E-state index contributed by atoms with van der Waals surface area (Å²) in [6.45, 7) is -1.14. The van der Waals surface area contributed by atoms with Gasteiger partial charge in [0.15, 0.2) is 0 Å². The van der Waals surface area contributed by atoms with Gasteiger partial charge in [-0.1, -0.05) is 0 Å². The number of aromatic carboxylic acids is 1. The lowest BCUT2D eigenvalue weighted by atomic mass is 10.4. The molecule has 1 rings (SSSR count). The summed E-state index contributed by atoms with van der Waals surface area (Å²) in [6.07, 6.45) is 0.791. The van der Waals surface area contributed by atoms with Gasteiger partial charge in [0.05, 0.1) is 11.5 Å². The number of alkyl halides is 1. The van der Waals surface area contributed by atoms with Crippen molar-refractivity contribution < 1.29 is 19.2 Å².